The highest BCUT2D eigenvalue weighted by Crippen LogP contribution is 2.22. The number of hydrogen-bond acceptors (Lipinski definition) is 3. The van der Waals surface area contributed by atoms with Crippen LogP contribution in [0.1, 0.15) is 34.3 Å². The maximum absolute atomic E-state index is 12.3. The zero-order chi connectivity index (χ0) is 17.8. The lowest BCUT2D eigenvalue weighted by atomic mass is 10.1. The van der Waals surface area contributed by atoms with Crippen LogP contribution >= 0.6 is 0 Å². The van der Waals surface area contributed by atoms with Crippen molar-refractivity contribution < 1.29 is 9.59 Å². The summed E-state index contributed by atoms with van der Waals surface area (Å²) in [6.07, 6.45) is 2.06. The number of benzene rings is 2. The number of para-hydroxylation sites is 1. The molecule has 0 aliphatic heterocycles. The number of anilines is 2. The molecule has 0 atom stereocenters. The van der Waals surface area contributed by atoms with E-state index >= 15 is 0 Å². The number of nitrogens with one attached hydrogen (secondary N) is 3. The van der Waals surface area contributed by atoms with Gasteiger partial charge in [0.2, 0.25) is 5.91 Å². The molecular formula is C20H23N3O2. The molecule has 0 saturated heterocycles. The lowest BCUT2D eigenvalue weighted by Gasteiger charge is -2.13. The highest BCUT2D eigenvalue weighted by molar-refractivity contribution is 6.04. The summed E-state index contributed by atoms with van der Waals surface area (Å²) in [7, 11) is 0. The minimum Gasteiger partial charge on any atom is -0.376 e. The SMILES string of the molecule is Cc1cccc(NCC(=O)Nc2ccccc2C(=O)NC2CC2)c1C. The lowest BCUT2D eigenvalue weighted by Crippen LogP contribution is -2.28. The highest BCUT2D eigenvalue weighted by Gasteiger charge is 2.24. The molecule has 0 bridgehead atoms. The van der Waals surface area contributed by atoms with Crippen LogP contribution in [0.5, 0.6) is 0 Å². The van der Waals surface area contributed by atoms with Crippen LogP contribution < -0.4 is 16.0 Å². The van der Waals surface area contributed by atoms with E-state index in [2.05, 4.69) is 16.0 Å². The molecule has 3 rings (SSSR count). The maximum atomic E-state index is 12.3. The quantitative estimate of drug-likeness (QED) is 0.758. The Morgan fingerprint density at radius 2 is 1.72 bits per heavy atom. The standard InChI is InChI=1S/C20H23N3O2/c1-13-6-5-9-17(14(13)2)21-12-19(24)23-18-8-4-3-7-16(18)20(25)22-15-10-11-15/h3-9,15,21H,10-12H2,1-2H3,(H,22,25)(H,23,24). The number of hydrogen-bond donors (Lipinski definition) is 3. The third-order valence-electron chi connectivity index (χ3n) is 4.40. The van der Waals surface area contributed by atoms with Crippen molar-refractivity contribution in [1.82, 2.24) is 5.32 Å². The van der Waals surface area contributed by atoms with Gasteiger partial charge in [-0.15, -0.1) is 0 Å². The van der Waals surface area contributed by atoms with Crippen LogP contribution in [-0.2, 0) is 4.79 Å². The fourth-order valence-corrected chi connectivity index (χ4v) is 2.59. The molecule has 0 spiro atoms. The van der Waals surface area contributed by atoms with Gasteiger partial charge in [0.1, 0.15) is 0 Å². The molecule has 25 heavy (non-hydrogen) atoms. The van der Waals surface area contributed by atoms with Crippen LogP contribution in [0.25, 0.3) is 0 Å². The van der Waals surface area contributed by atoms with Crippen molar-refractivity contribution >= 4 is 23.2 Å². The molecule has 1 saturated carbocycles. The van der Waals surface area contributed by atoms with Gasteiger partial charge in [-0.05, 0) is 56.0 Å². The van der Waals surface area contributed by atoms with Gasteiger partial charge in [-0.2, -0.15) is 0 Å². The molecule has 1 aliphatic rings. The third kappa shape index (κ3) is 4.38. The average molecular weight is 337 g/mol. The summed E-state index contributed by atoms with van der Waals surface area (Å²) in [6, 6.07) is 13.3. The second-order valence-corrected chi connectivity index (χ2v) is 6.44. The maximum Gasteiger partial charge on any atom is 0.253 e. The number of amides is 2. The normalized spacial score (nSPS) is 13.2. The Morgan fingerprint density at radius 3 is 2.48 bits per heavy atom. The van der Waals surface area contributed by atoms with Crippen molar-refractivity contribution in [2.24, 2.45) is 0 Å². The summed E-state index contributed by atoms with van der Waals surface area (Å²) in [6.45, 7) is 4.20. The summed E-state index contributed by atoms with van der Waals surface area (Å²) in [5.41, 5.74) is 4.27. The summed E-state index contributed by atoms with van der Waals surface area (Å²) in [5, 5.41) is 8.93. The van der Waals surface area contributed by atoms with Crippen LogP contribution in [0.15, 0.2) is 42.5 Å². The van der Waals surface area contributed by atoms with Crippen molar-refractivity contribution in [1.29, 1.82) is 0 Å². The zero-order valence-corrected chi connectivity index (χ0v) is 14.6. The van der Waals surface area contributed by atoms with E-state index in [-0.39, 0.29) is 24.4 Å². The first-order valence-corrected chi connectivity index (χ1v) is 8.54. The van der Waals surface area contributed by atoms with E-state index in [9.17, 15) is 9.59 Å². The molecule has 5 nitrogen and oxygen atoms in total. The van der Waals surface area contributed by atoms with Gasteiger partial charge in [0, 0.05) is 11.7 Å². The Morgan fingerprint density at radius 1 is 1.00 bits per heavy atom. The Bertz CT molecular complexity index is 797. The fourth-order valence-electron chi connectivity index (χ4n) is 2.59. The first-order chi connectivity index (χ1) is 12.0. The van der Waals surface area contributed by atoms with Crippen molar-refractivity contribution in [3.63, 3.8) is 0 Å². The molecule has 0 radical (unpaired) electrons. The van der Waals surface area contributed by atoms with Crippen molar-refractivity contribution in [3.8, 4) is 0 Å². The Labute approximate surface area is 147 Å². The average Bonchev–Trinajstić information content (AvgIpc) is 3.40. The van der Waals surface area contributed by atoms with Gasteiger partial charge in [0.25, 0.3) is 5.91 Å². The van der Waals surface area contributed by atoms with Crippen molar-refractivity contribution in [2.45, 2.75) is 32.7 Å². The van der Waals surface area contributed by atoms with Crippen LogP contribution in [0.4, 0.5) is 11.4 Å². The minimum absolute atomic E-state index is 0.138. The van der Waals surface area contributed by atoms with E-state index in [0.717, 1.165) is 24.1 Å². The van der Waals surface area contributed by atoms with Gasteiger partial charge in [-0.25, -0.2) is 0 Å². The number of rotatable bonds is 6. The zero-order valence-electron chi connectivity index (χ0n) is 14.6. The molecule has 130 valence electrons. The molecule has 0 aromatic heterocycles. The molecule has 5 heteroatoms. The number of carbonyl (C=O) groups is 2. The summed E-state index contributed by atoms with van der Waals surface area (Å²) in [5.74, 6) is -0.325. The van der Waals surface area contributed by atoms with Crippen LogP contribution in [0, 0.1) is 13.8 Å². The van der Waals surface area contributed by atoms with Gasteiger partial charge in [0.15, 0.2) is 0 Å². The predicted octanol–water partition coefficient (Wildman–Crippen LogP) is 3.25. The van der Waals surface area contributed by atoms with E-state index in [0.29, 0.717) is 11.3 Å². The molecule has 2 amide bonds. The second kappa shape index (κ2) is 7.38. The van der Waals surface area contributed by atoms with Crippen LogP contribution in [0.2, 0.25) is 0 Å². The molecule has 0 heterocycles. The van der Waals surface area contributed by atoms with Gasteiger partial charge in [-0.1, -0.05) is 24.3 Å². The monoisotopic (exact) mass is 337 g/mol. The smallest absolute Gasteiger partial charge is 0.253 e. The molecule has 2 aromatic carbocycles. The molecule has 3 N–H and O–H groups in total. The summed E-state index contributed by atoms with van der Waals surface area (Å²) in [4.78, 5) is 24.6. The van der Waals surface area contributed by atoms with Gasteiger partial charge >= 0.3 is 0 Å². The first kappa shape index (κ1) is 17.0. The van der Waals surface area contributed by atoms with Gasteiger partial charge in [-0.3, -0.25) is 9.59 Å². The topological polar surface area (TPSA) is 70.2 Å². The molecule has 1 fully saturated rings. The van der Waals surface area contributed by atoms with Crippen molar-refractivity contribution in [2.75, 3.05) is 17.2 Å². The van der Waals surface area contributed by atoms with E-state index < -0.39 is 0 Å². The van der Waals surface area contributed by atoms with Crippen LogP contribution in [0.3, 0.4) is 0 Å². The first-order valence-electron chi connectivity index (χ1n) is 8.54. The fraction of sp³-hybridized carbons (Fsp3) is 0.300. The molecule has 1 aliphatic carbocycles. The van der Waals surface area contributed by atoms with E-state index in [1.807, 2.05) is 38.1 Å². The van der Waals surface area contributed by atoms with E-state index in [1.165, 1.54) is 5.56 Å². The predicted molar refractivity (Wildman–Crippen MR) is 100.0 cm³/mol. The number of carbonyl (C=O) groups excluding carboxylic acids is 2. The molecule has 0 unspecified atom stereocenters. The molecular weight excluding hydrogens is 314 g/mol. The van der Waals surface area contributed by atoms with E-state index in [4.69, 9.17) is 0 Å². The van der Waals surface area contributed by atoms with Crippen LogP contribution in [-0.4, -0.2) is 24.4 Å². The highest BCUT2D eigenvalue weighted by atomic mass is 16.2. The third-order valence-corrected chi connectivity index (χ3v) is 4.40. The second-order valence-electron chi connectivity index (χ2n) is 6.44. The Balaban J connectivity index is 1.63. The largest absolute Gasteiger partial charge is 0.376 e. The lowest BCUT2D eigenvalue weighted by molar-refractivity contribution is -0.114. The van der Waals surface area contributed by atoms with Crippen molar-refractivity contribution in [3.05, 3.63) is 59.2 Å². The molecule has 2 aromatic rings. The summed E-state index contributed by atoms with van der Waals surface area (Å²) >= 11 is 0. The Kier molecular flexibility index (Phi) is 5.03. The minimum atomic E-state index is -0.187. The van der Waals surface area contributed by atoms with E-state index in [1.54, 1.807) is 18.2 Å². The van der Waals surface area contributed by atoms with Gasteiger partial charge in [0.05, 0.1) is 17.8 Å². The Hall–Kier alpha value is -2.82. The summed E-state index contributed by atoms with van der Waals surface area (Å²) < 4.78 is 0. The van der Waals surface area contributed by atoms with Gasteiger partial charge < -0.3 is 16.0 Å². The number of aryl methyl sites for hydroxylation is 1.